The molecule has 0 spiro atoms. The van der Waals surface area contributed by atoms with Crippen molar-refractivity contribution in [2.24, 2.45) is 0 Å². The van der Waals surface area contributed by atoms with E-state index in [1.54, 1.807) is 25.3 Å². The molecule has 0 atom stereocenters. The first-order valence-electron chi connectivity index (χ1n) is 6.52. The first kappa shape index (κ1) is 15.1. The topological polar surface area (TPSA) is 38.3 Å². The van der Waals surface area contributed by atoms with Crippen LogP contribution >= 0.6 is 11.6 Å². The molecule has 0 aliphatic heterocycles. The van der Waals surface area contributed by atoms with Crippen molar-refractivity contribution in [3.05, 3.63) is 70.8 Å². The molecule has 4 heteroatoms. The molecule has 0 radical (unpaired) electrons. The number of hydrogen-bond donors (Lipinski definition) is 1. The highest BCUT2D eigenvalue weighted by molar-refractivity contribution is 6.30. The van der Waals surface area contributed by atoms with Crippen LogP contribution < -0.4 is 10.1 Å². The van der Waals surface area contributed by atoms with E-state index in [0.29, 0.717) is 11.6 Å². The van der Waals surface area contributed by atoms with Gasteiger partial charge in [0.15, 0.2) is 0 Å². The number of amides is 1. The molecule has 21 heavy (non-hydrogen) atoms. The summed E-state index contributed by atoms with van der Waals surface area (Å²) in [5, 5.41) is 3.50. The largest absolute Gasteiger partial charge is 0.496 e. The summed E-state index contributed by atoms with van der Waals surface area (Å²) in [6, 6.07) is 14.9. The highest BCUT2D eigenvalue weighted by Gasteiger charge is 2.00. The Hall–Kier alpha value is -2.26. The van der Waals surface area contributed by atoms with Crippen molar-refractivity contribution in [2.75, 3.05) is 7.11 Å². The van der Waals surface area contributed by atoms with Crippen LogP contribution in [0.4, 0.5) is 0 Å². The second kappa shape index (κ2) is 7.50. The van der Waals surface area contributed by atoms with Crippen molar-refractivity contribution in [3.8, 4) is 5.75 Å². The molecule has 3 nitrogen and oxygen atoms in total. The van der Waals surface area contributed by atoms with Crippen molar-refractivity contribution >= 4 is 23.6 Å². The molecule has 0 fully saturated rings. The summed E-state index contributed by atoms with van der Waals surface area (Å²) in [5.41, 5.74) is 1.86. The maximum Gasteiger partial charge on any atom is 0.244 e. The Morgan fingerprint density at radius 3 is 2.62 bits per heavy atom. The Morgan fingerprint density at radius 2 is 1.90 bits per heavy atom. The molecule has 0 heterocycles. The van der Waals surface area contributed by atoms with E-state index >= 15 is 0 Å². The van der Waals surface area contributed by atoms with Gasteiger partial charge in [-0.3, -0.25) is 4.79 Å². The molecule has 0 aliphatic carbocycles. The van der Waals surface area contributed by atoms with E-state index in [0.717, 1.165) is 16.9 Å². The third kappa shape index (κ3) is 4.65. The van der Waals surface area contributed by atoms with E-state index in [9.17, 15) is 4.79 Å². The summed E-state index contributed by atoms with van der Waals surface area (Å²) in [7, 11) is 1.60. The van der Waals surface area contributed by atoms with Gasteiger partial charge < -0.3 is 10.1 Å². The van der Waals surface area contributed by atoms with E-state index in [2.05, 4.69) is 5.32 Å². The van der Waals surface area contributed by atoms with Crippen molar-refractivity contribution in [2.45, 2.75) is 6.54 Å². The number of ether oxygens (including phenoxy) is 1. The van der Waals surface area contributed by atoms with Crippen molar-refractivity contribution in [1.29, 1.82) is 0 Å². The molecule has 2 aromatic carbocycles. The lowest BCUT2D eigenvalue weighted by atomic mass is 10.2. The molecule has 0 aliphatic rings. The fourth-order valence-corrected chi connectivity index (χ4v) is 1.95. The van der Waals surface area contributed by atoms with Gasteiger partial charge in [0.05, 0.1) is 7.11 Å². The van der Waals surface area contributed by atoms with Crippen LogP contribution in [0, 0.1) is 0 Å². The fraction of sp³-hybridized carbons (Fsp3) is 0.118. The van der Waals surface area contributed by atoms with E-state index in [1.165, 1.54) is 6.08 Å². The van der Waals surface area contributed by atoms with Gasteiger partial charge in [-0.05, 0) is 29.8 Å². The zero-order chi connectivity index (χ0) is 15.1. The number of halogens is 1. The van der Waals surface area contributed by atoms with Crippen LogP contribution in [0.15, 0.2) is 54.6 Å². The zero-order valence-electron chi connectivity index (χ0n) is 11.7. The number of rotatable bonds is 5. The lowest BCUT2D eigenvalue weighted by molar-refractivity contribution is -0.116. The molecule has 0 saturated heterocycles. The van der Waals surface area contributed by atoms with Gasteiger partial charge in [0, 0.05) is 23.2 Å². The maximum absolute atomic E-state index is 11.8. The van der Waals surface area contributed by atoms with Gasteiger partial charge in [0.25, 0.3) is 0 Å². The molecule has 0 bridgehead atoms. The lowest BCUT2D eigenvalue weighted by Gasteiger charge is -2.04. The van der Waals surface area contributed by atoms with Gasteiger partial charge in [0.1, 0.15) is 5.75 Å². The monoisotopic (exact) mass is 301 g/mol. The first-order valence-corrected chi connectivity index (χ1v) is 6.90. The molecule has 1 N–H and O–H groups in total. The molecule has 2 rings (SSSR count). The predicted molar refractivity (Wildman–Crippen MR) is 85.3 cm³/mol. The summed E-state index contributed by atoms with van der Waals surface area (Å²) in [4.78, 5) is 11.8. The highest BCUT2D eigenvalue weighted by atomic mass is 35.5. The van der Waals surface area contributed by atoms with Gasteiger partial charge in [-0.25, -0.2) is 0 Å². The van der Waals surface area contributed by atoms with Gasteiger partial charge >= 0.3 is 0 Å². The van der Waals surface area contributed by atoms with Crippen molar-refractivity contribution in [1.82, 2.24) is 5.32 Å². The average Bonchev–Trinajstić information content (AvgIpc) is 2.52. The second-order valence-electron chi connectivity index (χ2n) is 4.42. The van der Waals surface area contributed by atoms with E-state index in [4.69, 9.17) is 16.3 Å². The van der Waals surface area contributed by atoms with E-state index in [-0.39, 0.29) is 5.91 Å². The summed E-state index contributed by atoms with van der Waals surface area (Å²) in [6.07, 6.45) is 3.23. The quantitative estimate of drug-likeness (QED) is 0.856. The molecule has 108 valence electrons. The van der Waals surface area contributed by atoms with Crippen molar-refractivity contribution < 1.29 is 9.53 Å². The minimum Gasteiger partial charge on any atom is -0.496 e. The van der Waals surface area contributed by atoms with Crippen LogP contribution in [0.3, 0.4) is 0 Å². The third-order valence-corrected chi connectivity index (χ3v) is 3.19. The normalized spacial score (nSPS) is 10.6. The molecule has 0 unspecified atom stereocenters. The standard InChI is InChI=1S/C17H16ClNO2/c1-21-16-5-3-2-4-14(16)8-11-17(20)19-12-13-6-9-15(18)10-7-13/h2-11H,12H2,1H3,(H,19,20). The van der Waals surface area contributed by atoms with Gasteiger partial charge in [-0.2, -0.15) is 0 Å². The lowest BCUT2D eigenvalue weighted by Crippen LogP contribution is -2.20. The average molecular weight is 302 g/mol. The Bertz CT molecular complexity index is 635. The van der Waals surface area contributed by atoms with Crippen LogP contribution in [0.2, 0.25) is 5.02 Å². The van der Waals surface area contributed by atoms with Crippen LogP contribution in [0.25, 0.3) is 6.08 Å². The summed E-state index contributed by atoms with van der Waals surface area (Å²) >= 11 is 5.81. The van der Waals surface area contributed by atoms with Gasteiger partial charge in [-0.1, -0.05) is 41.9 Å². The second-order valence-corrected chi connectivity index (χ2v) is 4.86. The smallest absolute Gasteiger partial charge is 0.244 e. The third-order valence-electron chi connectivity index (χ3n) is 2.93. The Kier molecular flexibility index (Phi) is 5.41. The molecular formula is C17H16ClNO2. The number of carbonyl (C=O) groups is 1. The van der Waals surface area contributed by atoms with Crippen LogP contribution in [0.5, 0.6) is 5.75 Å². The number of carbonyl (C=O) groups excluding carboxylic acids is 1. The number of methoxy groups -OCH3 is 1. The minimum absolute atomic E-state index is 0.157. The number of nitrogens with one attached hydrogen (secondary N) is 1. The molecular weight excluding hydrogens is 286 g/mol. The van der Waals surface area contributed by atoms with Crippen LogP contribution in [0.1, 0.15) is 11.1 Å². The molecule has 0 saturated carbocycles. The minimum atomic E-state index is -0.157. The van der Waals surface area contributed by atoms with E-state index < -0.39 is 0 Å². The Morgan fingerprint density at radius 1 is 1.19 bits per heavy atom. The Balaban J connectivity index is 1.92. The fourth-order valence-electron chi connectivity index (χ4n) is 1.82. The highest BCUT2D eigenvalue weighted by Crippen LogP contribution is 2.18. The first-order chi connectivity index (χ1) is 10.2. The number of hydrogen-bond acceptors (Lipinski definition) is 2. The summed E-state index contributed by atoms with van der Waals surface area (Å²) < 4.78 is 5.22. The molecule has 0 aromatic heterocycles. The van der Waals surface area contributed by atoms with Crippen LogP contribution in [-0.4, -0.2) is 13.0 Å². The number of para-hydroxylation sites is 1. The summed E-state index contributed by atoms with van der Waals surface area (Å²) in [6.45, 7) is 0.465. The van der Waals surface area contributed by atoms with Gasteiger partial charge in [-0.15, -0.1) is 0 Å². The van der Waals surface area contributed by atoms with Crippen molar-refractivity contribution in [3.63, 3.8) is 0 Å². The van der Waals surface area contributed by atoms with Crippen LogP contribution in [-0.2, 0) is 11.3 Å². The molecule has 2 aromatic rings. The Labute approximate surface area is 129 Å². The maximum atomic E-state index is 11.8. The molecule has 1 amide bonds. The predicted octanol–water partition coefficient (Wildman–Crippen LogP) is 3.68. The zero-order valence-corrected chi connectivity index (χ0v) is 12.4. The number of benzene rings is 2. The SMILES string of the molecule is COc1ccccc1C=CC(=O)NCc1ccc(Cl)cc1. The van der Waals surface area contributed by atoms with Gasteiger partial charge in [0.2, 0.25) is 5.91 Å². The van der Waals surface area contributed by atoms with E-state index in [1.807, 2.05) is 36.4 Å². The summed E-state index contributed by atoms with van der Waals surface area (Å²) in [5.74, 6) is 0.579.